The van der Waals surface area contributed by atoms with Crippen molar-refractivity contribution in [1.29, 1.82) is 0 Å². The first kappa shape index (κ1) is 12.3. The van der Waals surface area contributed by atoms with E-state index >= 15 is 0 Å². The molecular formula is C13H16N4O. The molecule has 0 fully saturated rings. The predicted octanol–water partition coefficient (Wildman–Crippen LogP) is 1.77. The molecule has 5 nitrogen and oxygen atoms in total. The Kier molecular flexibility index (Phi) is 4.09. The lowest BCUT2D eigenvalue weighted by Crippen LogP contribution is -2.13. The maximum absolute atomic E-state index is 11.7. The Hall–Kier alpha value is -2.14. The Morgan fingerprint density at radius 2 is 2.06 bits per heavy atom. The fraction of sp³-hybridized carbons (Fsp3) is 0.231. The standard InChI is InChI=1S/C13H16N4O/c1-2-14-9-10-3-5-11(6-4-10)16-13(18)12-7-8-15-17-12/h3-8,14H,2,9H2,1H3,(H,15,17)(H,16,18). The van der Waals surface area contributed by atoms with E-state index in [4.69, 9.17) is 0 Å². The number of nitrogens with one attached hydrogen (secondary N) is 3. The number of hydrogen-bond acceptors (Lipinski definition) is 3. The van der Waals surface area contributed by atoms with Gasteiger partial charge < -0.3 is 10.6 Å². The van der Waals surface area contributed by atoms with Crippen LogP contribution in [0.15, 0.2) is 36.5 Å². The van der Waals surface area contributed by atoms with Crippen LogP contribution >= 0.6 is 0 Å². The SMILES string of the molecule is CCNCc1ccc(NC(=O)c2ccn[nH]2)cc1. The molecule has 0 radical (unpaired) electrons. The molecule has 5 heteroatoms. The molecule has 0 aliphatic rings. The van der Waals surface area contributed by atoms with E-state index in [1.165, 1.54) is 5.56 Å². The average molecular weight is 244 g/mol. The zero-order valence-electron chi connectivity index (χ0n) is 10.2. The zero-order valence-corrected chi connectivity index (χ0v) is 10.2. The van der Waals surface area contributed by atoms with Crippen LogP contribution in [0.25, 0.3) is 0 Å². The van der Waals surface area contributed by atoms with Crippen LogP contribution in [0.1, 0.15) is 23.0 Å². The van der Waals surface area contributed by atoms with E-state index in [1.54, 1.807) is 12.3 Å². The number of anilines is 1. The fourth-order valence-electron chi connectivity index (χ4n) is 1.56. The van der Waals surface area contributed by atoms with E-state index in [9.17, 15) is 4.79 Å². The van der Waals surface area contributed by atoms with Crippen molar-refractivity contribution in [2.24, 2.45) is 0 Å². The van der Waals surface area contributed by atoms with Gasteiger partial charge in [0.15, 0.2) is 0 Å². The Morgan fingerprint density at radius 3 is 2.67 bits per heavy atom. The lowest BCUT2D eigenvalue weighted by molar-refractivity contribution is 0.102. The molecule has 2 aromatic rings. The molecule has 2 rings (SSSR count). The first-order valence-corrected chi connectivity index (χ1v) is 5.90. The topological polar surface area (TPSA) is 69.8 Å². The maximum atomic E-state index is 11.7. The second-order valence-corrected chi connectivity index (χ2v) is 3.90. The molecule has 1 heterocycles. The number of aromatic nitrogens is 2. The van der Waals surface area contributed by atoms with Crippen LogP contribution < -0.4 is 10.6 Å². The van der Waals surface area contributed by atoms with Gasteiger partial charge in [0.25, 0.3) is 5.91 Å². The van der Waals surface area contributed by atoms with Crippen molar-refractivity contribution in [3.8, 4) is 0 Å². The predicted molar refractivity (Wildman–Crippen MR) is 70.4 cm³/mol. The zero-order chi connectivity index (χ0) is 12.8. The van der Waals surface area contributed by atoms with Gasteiger partial charge in [0.05, 0.1) is 0 Å². The monoisotopic (exact) mass is 244 g/mol. The Balaban J connectivity index is 1.96. The van der Waals surface area contributed by atoms with Crippen molar-refractivity contribution in [3.63, 3.8) is 0 Å². The molecule has 0 atom stereocenters. The third kappa shape index (κ3) is 3.18. The highest BCUT2D eigenvalue weighted by Crippen LogP contribution is 2.10. The molecule has 1 aromatic heterocycles. The van der Waals surface area contributed by atoms with Gasteiger partial charge in [0.1, 0.15) is 5.69 Å². The van der Waals surface area contributed by atoms with E-state index in [0.29, 0.717) is 5.69 Å². The average Bonchev–Trinajstić information content (AvgIpc) is 2.92. The minimum atomic E-state index is -0.188. The number of benzene rings is 1. The lowest BCUT2D eigenvalue weighted by atomic mass is 10.2. The normalized spacial score (nSPS) is 10.3. The second kappa shape index (κ2) is 5.97. The molecule has 0 aliphatic heterocycles. The fourth-order valence-corrected chi connectivity index (χ4v) is 1.56. The number of hydrogen-bond donors (Lipinski definition) is 3. The summed E-state index contributed by atoms with van der Waals surface area (Å²) in [6.45, 7) is 3.85. The minimum absolute atomic E-state index is 0.188. The largest absolute Gasteiger partial charge is 0.321 e. The van der Waals surface area contributed by atoms with Gasteiger partial charge in [-0.15, -0.1) is 0 Å². The highest BCUT2D eigenvalue weighted by Gasteiger charge is 2.06. The van der Waals surface area contributed by atoms with E-state index in [1.807, 2.05) is 24.3 Å². The summed E-state index contributed by atoms with van der Waals surface area (Å²) in [5.74, 6) is -0.188. The molecule has 0 saturated carbocycles. The number of nitrogens with zero attached hydrogens (tertiary/aromatic N) is 1. The van der Waals surface area contributed by atoms with Crippen molar-refractivity contribution in [2.75, 3.05) is 11.9 Å². The number of aromatic amines is 1. The van der Waals surface area contributed by atoms with E-state index < -0.39 is 0 Å². The molecule has 1 amide bonds. The van der Waals surface area contributed by atoms with Crippen LogP contribution in [0.4, 0.5) is 5.69 Å². The third-order valence-corrected chi connectivity index (χ3v) is 2.54. The number of amides is 1. The summed E-state index contributed by atoms with van der Waals surface area (Å²) < 4.78 is 0. The van der Waals surface area contributed by atoms with Crippen molar-refractivity contribution in [2.45, 2.75) is 13.5 Å². The summed E-state index contributed by atoms with van der Waals surface area (Å²) >= 11 is 0. The first-order chi connectivity index (χ1) is 8.79. The van der Waals surface area contributed by atoms with Gasteiger partial charge >= 0.3 is 0 Å². The third-order valence-electron chi connectivity index (χ3n) is 2.54. The van der Waals surface area contributed by atoms with Crippen molar-refractivity contribution in [3.05, 3.63) is 47.8 Å². The Morgan fingerprint density at radius 1 is 1.28 bits per heavy atom. The number of rotatable bonds is 5. The molecule has 0 unspecified atom stereocenters. The summed E-state index contributed by atoms with van der Waals surface area (Å²) in [5.41, 5.74) is 2.41. The summed E-state index contributed by atoms with van der Waals surface area (Å²) in [5, 5.41) is 12.4. The van der Waals surface area contributed by atoms with Crippen LogP contribution in [-0.2, 0) is 6.54 Å². The smallest absolute Gasteiger partial charge is 0.273 e. The van der Waals surface area contributed by atoms with Gasteiger partial charge in [-0.3, -0.25) is 9.89 Å². The van der Waals surface area contributed by atoms with Gasteiger partial charge in [-0.05, 0) is 30.3 Å². The molecule has 0 spiro atoms. The molecular weight excluding hydrogens is 228 g/mol. The summed E-state index contributed by atoms with van der Waals surface area (Å²) in [6, 6.07) is 9.40. The molecule has 0 bridgehead atoms. The minimum Gasteiger partial charge on any atom is -0.321 e. The Bertz CT molecular complexity index is 490. The molecule has 94 valence electrons. The van der Waals surface area contributed by atoms with E-state index in [-0.39, 0.29) is 5.91 Å². The highest BCUT2D eigenvalue weighted by atomic mass is 16.1. The highest BCUT2D eigenvalue weighted by molar-refractivity contribution is 6.02. The number of carbonyl (C=O) groups is 1. The van der Waals surface area contributed by atoms with Crippen LogP contribution in [0.3, 0.4) is 0 Å². The van der Waals surface area contributed by atoms with Crippen LogP contribution in [0.2, 0.25) is 0 Å². The molecule has 1 aromatic carbocycles. The first-order valence-electron chi connectivity index (χ1n) is 5.90. The quantitative estimate of drug-likeness (QED) is 0.750. The van der Waals surface area contributed by atoms with Gasteiger partial charge in [-0.25, -0.2) is 0 Å². The maximum Gasteiger partial charge on any atom is 0.273 e. The summed E-state index contributed by atoms with van der Waals surface area (Å²) in [4.78, 5) is 11.7. The van der Waals surface area contributed by atoms with Crippen LogP contribution in [0.5, 0.6) is 0 Å². The summed E-state index contributed by atoms with van der Waals surface area (Å²) in [6.07, 6.45) is 1.55. The van der Waals surface area contributed by atoms with Crippen molar-refractivity contribution < 1.29 is 4.79 Å². The second-order valence-electron chi connectivity index (χ2n) is 3.90. The van der Waals surface area contributed by atoms with Crippen molar-refractivity contribution >= 4 is 11.6 Å². The van der Waals surface area contributed by atoms with E-state index in [0.717, 1.165) is 18.8 Å². The number of carbonyl (C=O) groups excluding carboxylic acids is 1. The molecule has 0 aliphatic carbocycles. The lowest BCUT2D eigenvalue weighted by Gasteiger charge is -2.05. The summed E-state index contributed by atoms with van der Waals surface area (Å²) in [7, 11) is 0. The van der Waals surface area contributed by atoms with Crippen LogP contribution in [0, 0.1) is 0 Å². The Labute approximate surface area is 106 Å². The van der Waals surface area contributed by atoms with Crippen LogP contribution in [-0.4, -0.2) is 22.6 Å². The molecule has 3 N–H and O–H groups in total. The molecule has 0 saturated heterocycles. The van der Waals surface area contributed by atoms with E-state index in [2.05, 4.69) is 27.8 Å². The van der Waals surface area contributed by atoms with Gasteiger partial charge in [-0.2, -0.15) is 5.10 Å². The van der Waals surface area contributed by atoms with Gasteiger partial charge in [0.2, 0.25) is 0 Å². The van der Waals surface area contributed by atoms with Crippen molar-refractivity contribution in [1.82, 2.24) is 15.5 Å². The number of H-pyrrole nitrogens is 1. The van der Waals surface area contributed by atoms with Gasteiger partial charge in [0, 0.05) is 18.4 Å². The van der Waals surface area contributed by atoms with Gasteiger partial charge in [-0.1, -0.05) is 19.1 Å². The molecule has 18 heavy (non-hydrogen) atoms.